The van der Waals surface area contributed by atoms with Crippen LogP contribution >= 0.6 is 11.6 Å². The molecule has 4 heterocycles. The highest BCUT2D eigenvalue weighted by molar-refractivity contribution is 7.89. The van der Waals surface area contributed by atoms with E-state index < -0.39 is 49.4 Å². The van der Waals surface area contributed by atoms with Crippen molar-refractivity contribution in [2.75, 3.05) is 53.5 Å². The predicted octanol–water partition coefficient (Wildman–Crippen LogP) is 6.05. The number of aliphatic hydroxyl groups excluding tert-OH is 1. The number of aliphatic carboxylic acids is 1. The van der Waals surface area contributed by atoms with Crippen molar-refractivity contribution >= 4 is 61.4 Å². The lowest BCUT2D eigenvalue weighted by molar-refractivity contribution is -0.192. The number of nitrogens with one attached hydrogen (secondary N) is 2. The number of pyridine rings is 2. The molecule has 2 aliphatic heterocycles. The van der Waals surface area contributed by atoms with Crippen LogP contribution in [0.4, 0.5) is 22.0 Å². The molecule has 0 atom stereocenters. The lowest BCUT2D eigenvalue weighted by Gasteiger charge is -2.30. The number of aliphatic hydroxyl groups is 1. The minimum Gasteiger partial charge on any atom is -0.475 e. The molecule has 418 valence electrons. The molecule has 2 amide bonds. The van der Waals surface area contributed by atoms with E-state index in [1.807, 2.05) is 0 Å². The highest BCUT2D eigenvalue weighted by atomic mass is 35.5. The number of esters is 2. The third kappa shape index (κ3) is 24.8. The molecule has 4 rings (SSSR count). The Bertz CT molecular complexity index is 2420. The van der Waals surface area contributed by atoms with Gasteiger partial charge in [0.05, 0.1) is 25.5 Å². The number of rotatable bonds is 16. The van der Waals surface area contributed by atoms with Crippen LogP contribution < -0.4 is 15.4 Å². The summed E-state index contributed by atoms with van der Waals surface area (Å²) in [6, 6.07) is 5.66. The molecule has 28 heteroatoms. The molecule has 0 aliphatic carbocycles. The Morgan fingerprint density at radius 2 is 1.07 bits per heavy atom. The van der Waals surface area contributed by atoms with E-state index in [1.54, 1.807) is 55.6 Å². The van der Waals surface area contributed by atoms with Crippen LogP contribution in [0.5, 0.6) is 5.88 Å². The number of hydrogen-bond donors (Lipinski definition) is 4. The Labute approximate surface area is 433 Å². The van der Waals surface area contributed by atoms with Gasteiger partial charge in [-0.25, -0.2) is 40.4 Å². The van der Waals surface area contributed by atoms with Crippen LogP contribution in [0.3, 0.4) is 0 Å². The number of amides is 2. The summed E-state index contributed by atoms with van der Waals surface area (Å²) in [4.78, 5) is 63.0. The van der Waals surface area contributed by atoms with Gasteiger partial charge in [-0.15, -0.1) is 0 Å². The molecule has 0 spiro atoms. The quantitative estimate of drug-likeness (QED) is 0.0846. The molecule has 0 unspecified atom stereocenters. The van der Waals surface area contributed by atoms with Crippen molar-refractivity contribution in [1.29, 1.82) is 0 Å². The minimum absolute atomic E-state index is 0.0115. The highest BCUT2D eigenvalue weighted by Gasteiger charge is 2.38. The number of aromatic nitrogens is 2. The zero-order valence-electron chi connectivity index (χ0n) is 42.3. The summed E-state index contributed by atoms with van der Waals surface area (Å²) >= 11 is 5.65. The van der Waals surface area contributed by atoms with Gasteiger partial charge in [0, 0.05) is 77.2 Å². The number of carboxylic acid groups (broad SMARTS) is 1. The van der Waals surface area contributed by atoms with E-state index in [9.17, 15) is 58.0 Å². The third-order valence-corrected chi connectivity index (χ3v) is 14.1. The molecular weight excluding hydrogens is 1060 g/mol. The maximum atomic E-state index is 13.2. The normalized spacial score (nSPS) is 15.6. The zero-order chi connectivity index (χ0) is 56.7. The van der Waals surface area contributed by atoms with Crippen LogP contribution in [0, 0.1) is 11.8 Å². The molecule has 0 saturated carbocycles. The van der Waals surface area contributed by atoms with Crippen molar-refractivity contribution < 1.29 is 87.2 Å². The summed E-state index contributed by atoms with van der Waals surface area (Å²) in [7, 11) is -4.15. The van der Waals surface area contributed by atoms with E-state index in [-0.39, 0.29) is 114 Å². The topological polar surface area (TPSA) is 278 Å². The smallest absolute Gasteiger partial charge is 0.475 e. The number of sulfonamides is 2. The van der Waals surface area contributed by atoms with E-state index in [1.165, 1.54) is 45.3 Å². The van der Waals surface area contributed by atoms with Crippen molar-refractivity contribution in [3.05, 3.63) is 65.6 Å². The number of carboxylic acids is 1. The van der Waals surface area contributed by atoms with Crippen molar-refractivity contribution in [1.82, 2.24) is 29.2 Å². The molecule has 0 bridgehead atoms. The monoisotopic (exact) mass is 1120 g/mol. The minimum atomic E-state index is -5.08. The number of piperidine rings is 2. The second-order valence-corrected chi connectivity index (χ2v) is 22.5. The van der Waals surface area contributed by atoms with Gasteiger partial charge < -0.3 is 35.1 Å². The van der Waals surface area contributed by atoms with Gasteiger partial charge >= 0.3 is 24.1 Å². The van der Waals surface area contributed by atoms with Crippen molar-refractivity contribution in [2.24, 2.45) is 11.8 Å². The summed E-state index contributed by atoms with van der Waals surface area (Å²) in [5, 5.41) is 21.2. The summed E-state index contributed by atoms with van der Waals surface area (Å²) in [6.45, 7) is 11.2. The standard InChI is InChI=1S/C22H32FN3O6S.C12H16ClN3O3S.C10H17FO3.C2HF3O2/c1-22(2,3)32-20(27)8-5-16(13-23)15-31-19-7-6-18(14-25-19)33(29,30)26-11-9-17(10-12-26)21(28)24-4;1-14-12(17)9-4-6-16(7-5-9)20(18,19)10-2-3-11(13)15-8-10;1-10(2,3)14-9(13)5-4-8(6-11)7-12;3-2(4,5)1(6)7/h6-7,13-14,17H,5,8-12,15H2,1-4H3,(H,24,28);2-3,8-9H,4-7H2,1H3,(H,14,17);6,12H,4-5,7H2,1-3H3;(H,6,7). The Morgan fingerprint density at radius 3 is 1.36 bits per heavy atom. The van der Waals surface area contributed by atoms with Crippen LogP contribution in [0.1, 0.15) is 92.9 Å². The largest absolute Gasteiger partial charge is 0.490 e. The van der Waals surface area contributed by atoms with Crippen LogP contribution in [-0.4, -0.2) is 146 Å². The van der Waals surface area contributed by atoms with E-state index >= 15 is 0 Å². The molecule has 2 aromatic rings. The number of ether oxygens (including phenoxy) is 3. The number of alkyl halides is 3. The lowest BCUT2D eigenvalue weighted by Crippen LogP contribution is -2.42. The fourth-order valence-electron chi connectivity index (χ4n) is 6.35. The number of carbonyl (C=O) groups is 5. The van der Waals surface area contributed by atoms with Crippen molar-refractivity contribution in [3.63, 3.8) is 0 Å². The van der Waals surface area contributed by atoms with Gasteiger partial charge in [0.1, 0.15) is 32.8 Å². The third-order valence-electron chi connectivity index (χ3n) is 10.1. The first kappa shape index (κ1) is 66.7. The second-order valence-electron chi connectivity index (χ2n) is 18.2. The first-order valence-electron chi connectivity index (χ1n) is 22.8. The van der Waals surface area contributed by atoms with Gasteiger partial charge in [0.25, 0.3) is 0 Å². The van der Waals surface area contributed by atoms with E-state index in [2.05, 4.69) is 20.6 Å². The predicted molar refractivity (Wildman–Crippen MR) is 259 cm³/mol. The fraction of sp³-hybridized carbons (Fsp3) is 0.587. The lowest BCUT2D eigenvalue weighted by atomic mass is 9.97. The summed E-state index contributed by atoms with van der Waals surface area (Å²) in [6.07, 6.45) is 0.453. The number of carbonyl (C=O) groups excluding carboxylic acids is 4. The van der Waals surface area contributed by atoms with E-state index in [0.29, 0.717) is 51.4 Å². The average molecular weight is 1120 g/mol. The van der Waals surface area contributed by atoms with Gasteiger partial charge in [0.2, 0.25) is 37.7 Å². The Hall–Kier alpha value is -5.35. The van der Waals surface area contributed by atoms with Crippen LogP contribution in [0.2, 0.25) is 5.15 Å². The van der Waals surface area contributed by atoms with Crippen molar-refractivity contribution in [3.8, 4) is 5.88 Å². The number of hydrogen-bond acceptors (Lipinski definition) is 15. The van der Waals surface area contributed by atoms with Gasteiger partial charge in [-0.2, -0.15) is 21.8 Å². The van der Waals surface area contributed by atoms with Gasteiger partial charge in [0.15, 0.2) is 0 Å². The Morgan fingerprint density at radius 1 is 0.689 bits per heavy atom. The van der Waals surface area contributed by atoms with Gasteiger partial charge in [-0.05, 0) is 109 Å². The molecule has 2 aromatic heterocycles. The Balaban J connectivity index is 0.000000564. The molecule has 4 N–H and O–H groups in total. The van der Waals surface area contributed by atoms with Gasteiger partial charge in [-0.3, -0.25) is 19.2 Å². The molecular formula is C46H66ClF5N6O14S2. The number of nitrogens with zero attached hydrogens (tertiary/aromatic N) is 4. The fourth-order valence-corrected chi connectivity index (χ4v) is 9.29. The zero-order valence-corrected chi connectivity index (χ0v) is 44.7. The molecule has 0 radical (unpaired) electrons. The van der Waals surface area contributed by atoms with Gasteiger partial charge in [-0.1, -0.05) is 11.6 Å². The van der Waals surface area contributed by atoms with E-state index in [4.69, 9.17) is 40.8 Å². The Kier molecular flexibility index (Phi) is 27.8. The highest BCUT2D eigenvalue weighted by Crippen LogP contribution is 2.26. The molecule has 2 fully saturated rings. The molecule has 2 aliphatic rings. The molecule has 0 aromatic carbocycles. The molecule has 74 heavy (non-hydrogen) atoms. The maximum absolute atomic E-state index is 13.2. The maximum Gasteiger partial charge on any atom is 0.490 e. The molecule has 20 nitrogen and oxygen atoms in total. The number of halogens is 6. The summed E-state index contributed by atoms with van der Waals surface area (Å²) in [5.41, 5.74) is -0.677. The second kappa shape index (κ2) is 30.9. The summed E-state index contributed by atoms with van der Waals surface area (Å²) in [5.74, 6) is -3.87. The SMILES string of the molecule is CC(C)(C)OC(=O)CCC(=CF)CO.CNC(=O)C1CCN(S(=O)(=O)c2ccc(Cl)nc2)CC1.CNC(=O)C1CCN(S(=O)(=O)c2ccc(OCC(=CF)CCC(=O)OC(C)(C)C)nc2)CC1.O=C(O)C(F)(F)F. The van der Waals surface area contributed by atoms with Crippen molar-refractivity contribution in [2.45, 2.75) is 120 Å². The first-order valence-corrected chi connectivity index (χ1v) is 26.0. The van der Waals surface area contributed by atoms with E-state index in [0.717, 1.165) is 0 Å². The first-order chi connectivity index (χ1) is 34.2. The average Bonchev–Trinajstić information content (AvgIpc) is 3.33. The van der Waals surface area contributed by atoms with Crippen LogP contribution in [0.25, 0.3) is 0 Å². The van der Waals surface area contributed by atoms with Crippen LogP contribution in [0.15, 0.2) is 70.3 Å². The molecule has 2 saturated heterocycles. The summed E-state index contributed by atoms with van der Waals surface area (Å²) < 4.78 is 126. The van der Waals surface area contributed by atoms with Crippen LogP contribution in [-0.2, 0) is 53.5 Å².